The van der Waals surface area contributed by atoms with Crippen molar-refractivity contribution in [2.75, 3.05) is 0 Å². The Morgan fingerprint density at radius 2 is 1.75 bits per heavy atom. The molecule has 4 heteroatoms. The molecule has 0 saturated heterocycles. The molecule has 0 atom stereocenters. The van der Waals surface area contributed by atoms with Crippen LogP contribution < -0.4 is 0 Å². The van der Waals surface area contributed by atoms with Crippen LogP contribution in [0.3, 0.4) is 0 Å². The number of halogens is 2. The molecule has 2 aromatic rings. The minimum atomic E-state index is 0.361. The minimum Gasteiger partial charge on any atom is -0.236 e. The van der Waals surface area contributed by atoms with Gasteiger partial charge in [-0.2, -0.15) is 0 Å². The SMILES string of the molecule is CC(C)c1nc(C2Cc3ccccc3C2)nc(Cl)c1I. The van der Waals surface area contributed by atoms with E-state index in [0.29, 0.717) is 17.0 Å². The number of hydrogen-bond donors (Lipinski definition) is 0. The summed E-state index contributed by atoms with van der Waals surface area (Å²) in [5.74, 6) is 1.62. The molecule has 1 heterocycles. The lowest BCUT2D eigenvalue weighted by Gasteiger charge is -2.14. The summed E-state index contributed by atoms with van der Waals surface area (Å²) in [5.41, 5.74) is 3.90. The van der Waals surface area contributed by atoms with Gasteiger partial charge in [0.15, 0.2) is 0 Å². The summed E-state index contributed by atoms with van der Waals surface area (Å²) in [7, 11) is 0. The van der Waals surface area contributed by atoms with E-state index in [0.717, 1.165) is 27.9 Å². The second-order valence-electron chi connectivity index (χ2n) is 5.60. The highest BCUT2D eigenvalue weighted by atomic mass is 127. The van der Waals surface area contributed by atoms with E-state index in [1.807, 2.05) is 0 Å². The lowest BCUT2D eigenvalue weighted by molar-refractivity contribution is 0.661. The lowest BCUT2D eigenvalue weighted by Crippen LogP contribution is -2.10. The quantitative estimate of drug-likeness (QED) is 0.539. The van der Waals surface area contributed by atoms with Gasteiger partial charge in [-0.05, 0) is 52.5 Å². The first kappa shape index (κ1) is 14.3. The highest BCUT2D eigenvalue weighted by Crippen LogP contribution is 2.34. The maximum atomic E-state index is 6.29. The van der Waals surface area contributed by atoms with Gasteiger partial charge in [-0.25, -0.2) is 9.97 Å². The maximum Gasteiger partial charge on any atom is 0.146 e. The Kier molecular flexibility index (Phi) is 4.00. The predicted octanol–water partition coefficient (Wildman–Crippen LogP) is 4.74. The Morgan fingerprint density at radius 1 is 1.15 bits per heavy atom. The Labute approximate surface area is 138 Å². The molecular formula is C16H16ClIN2. The van der Waals surface area contributed by atoms with Crippen LogP contribution in [-0.2, 0) is 12.8 Å². The molecule has 104 valence electrons. The maximum absolute atomic E-state index is 6.29. The van der Waals surface area contributed by atoms with Crippen molar-refractivity contribution in [1.82, 2.24) is 9.97 Å². The summed E-state index contributed by atoms with van der Waals surface area (Å²) in [5, 5.41) is 0.593. The van der Waals surface area contributed by atoms with Gasteiger partial charge in [0.1, 0.15) is 11.0 Å². The average molecular weight is 399 g/mol. The monoisotopic (exact) mass is 398 g/mol. The van der Waals surface area contributed by atoms with E-state index in [1.165, 1.54) is 11.1 Å². The second kappa shape index (κ2) is 5.60. The molecule has 0 bridgehead atoms. The van der Waals surface area contributed by atoms with E-state index in [1.54, 1.807) is 0 Å². The van der Waals surface area contributed by atoms with Gasteiger partial charge in [0.05, 0.1) is 9.26 Å². The molecule has 2 nitrogen and oxygen atoms in total. The number of hydrogen-bond acceptors (Lipinski definition) is 2. The Morgan fingerprint density at radius 3 is 2.30 bits per heavy atom. The predicted molar refractivity (Wildman–Crippen MR) is 90.4 cm³/mol. The van der Waals surface area contributed by atoms with Crippen molar-refractivity contribution in [3.8, 4) is 0 Å². The fraction of sp³-hybridized carbons (Fsp3) is 0.375. The highest BCUT2D eigenvalue weighted by molar-refractivity contribution is 14.1. The molecule has 1 aromatic heterocycles. The van der Waals surface area contributed by atoms with Gasteiger partial charge < -0.3 is 0 Å². The van der Waals surface area contributed by atoms with Crippen molar-refractivity contribution >= 4 is 34.2 Å². The fourth-order valence-corrected chi connectivity index (χ4v) is 3.81. The Bertz CT molecular complexity index is 630. The Hall–Kier alpha value is -0.680. The van der Waals surface area contributed by atoms with Crippen LogP contribution in [0.2, 0.25) is 5.15 Å². The molecular weight excluding hydrogens is 383 g/mol. The lowest BCUT2D eigenvalue weighted by atomic mass is 10.0. The topological polar surface area (TPSA) is 25.8 Å². The van der Waals surface area contributed by atoms with Crippen molar-refractivity contribution in [2.45, 2.75) is 38.5 Å². The van der Waals surface area contributed by atoms with Gasteiger partial charge in [0.2, 0.25) is 0 Å². The Balaban J connectivity index is 1.97. The van der Waals surface area contributed by atoms with Gasteiger partial charge in [-0.15, -0.1) is 0 Å². The van der Waals surface area contributed by atoms with Crippen LogP contribution in [0.5, 0.6) is 0 Å². The smallest absolute Gasteiger partial charge is 0.146 e. The number of fused-ring (bicyclic) bond motifs is 1. The third-order valence-corrected chi connectivity index (χ3v) is 5.47. The van der Waals surface area contributed by atoms with Crippen LogP contribution in [0.25, 0.3) is 0 Å². The molecule has 0 aliphatic heterocycles. The average Bonchev–Trinajstić information content (AvgIpc) is 2.85. The zero-order valence-corrected chi connectivity index (χ0v) is 14.4. The zero-order valence-electron chi connectivity index (χ0n) is 11.5. The third kappa shape index (κ3) is 2.58. The van der Waals surface area contributed by atoms with Gasteiger partial charge in [0, 0.05) is 5.92 Å². The third-order valence-electron chi connectivity index (χ3n) is 3.82. The van der Waals surface area contributed by atoms with Gasteiger partial charge in [-0.1, -0.05) is 49.7 Å². The van der Waals surface area contributed by atoms with Gasteiger partial charge in [-0.3, -0.25) is 0 Å². The zero-order chi connectivity index (χ0) is 14.3. The number of rotatable bonds is 2. The molecule has 1 aliphatic carbocycles. The fourth-order valence-electron chi connectivity index (χ4n) is 2.76. The van der Waals surface area contributed by atoms with Crippen molar-refractivity contribution in [3.63, 3.8) is 0 Å². The standard InChI is InChI=1S/C16H16ClIN2/c1-9(2)14-13(18)15(17)20-16(19-14)12-7-10-5-3-4-6-11(10)8-12/h3-6,9,12H,7-8H2,1-2H3. The summed E-state index contributed by atoms with van der Waals surface area (Å²) in [4.78, 5) is 9.32. The summed E-state index contributed by atoms with van der Waals surface area (Å²) in [6.45, 7) is 4.29. The summed E-state index contributed by atoms with van der Waals surface area (Å²) >= 11 is 8.54. The summed E-state index contributed by atoms with van der Waals surface area (Å²) in [6, 6.07) is 8.60. The van der Waals surface area contributed by atoms with Crippen molar-refractivity contribution in [3.05, 3.63) is 55.6 Å². The van der Waals surface area contributed by atoms with Crippen LogP contribution in [0.1, 0.15) is 48.3 Å². The van der Waals surface area contributed by atoms with E-state index in [2.05, 4.69) is 65.7 Å². The molecule has 0 amide bonds. The summed E-state index contributed by atoms with van der Waals surface area (Å²) in [6.07, 6.45) is 2.04. The molecule has 1 aromatic carbocycles. The van der Waals surface area contributed by atoms with E-state index >= 15 is 0 Å². The molecule has 1 aliphatic rings. The molecule has 0 fully saturated rings. The number of nitrogens with zero attached hydrogens (tertiary/aromatic N) is 2. The highest BCUT2D eigenvalue weighted by Gasteiger charge is 2.26. The van der Waals surface area contributed by atoms with Crippen LogP contribution in [0.4, 0.5) is 0 Å². The second-order valence-corrected chi connectivity index (χ2v) is 7.04. The molecule has 0 radical (unpaired) electrons. The molecule has 0 spiro atoms. The summed E-state index contributed by atoms with van der Waals surface area (Å²) < 4.78 is 0.985. The largest absolute Gasteiger partial charge is 0.236 e. The van der Waals surface area contributed by atoms with E-state index in [-0.39, 0.29) is 0 Å². The normalized spacial score (nSPS) is 14.8. The number of benzene rings is 1. The van der Waals surface area contributed by atoms with Crippen LogP contribution in [-0.4, -0.2) is 9.97 Å². The first-order valence-corrected chi connectivity index (χ1v) is 8.31. The van der Waals surface area contributed by atoms with Crippen molar-refractivity contribution < 1.29 is 0 Å². The number of aromatic nitrogens is 2. The first-order chi connectivity index (χ1) is 9.56. The van der Waals surface area contributed by atoms with E-state index in [4.69, 9.17) is 16.6 Å². The molecule has 20 heavy (non-hydrogen) atoms. The minimum absolute atomic E-state index is 0.361. The van der Waals surface area contributed by atoms with Gasteiger partial charge >= 0.3 is 0 Å². The van der Waals surface area contributed by atoms with Crippen LogP contribution in [0.15, 0.2) is 24.3 Å². The molecule has 0 unspecified atom stereocenters. The molecule has 0 N–H and O–H groups in total. The van der Waals surface area contributed by atoms with E-state index in [9.17, 15) is 0 Å². The van der Waals surface area contributed by atoms with Crippen LogP contribution >= 0.6 is 34.2 Å². The first-order valence-electron chi connectivity index (χ1n) is 6.86. The van der Waals surface area contributed by atoms with Crippen molar-refractivity contribution in [1.29, 1.82) is 0 Å². The molecule has 0 saturated carbocycles. The molecule has 3 rings (SSSR count). The van der Waals surface area contributed by atoms with E-state index < -0.39 is 0 Å². The van der Waals surface area contributed by atoms with Crippen molar-refractivity contribution in [2.24, 2.45) is 0 Å². The van der Waals surface area contributed by atoms with Gasteiger partial charge in [0.25, 0.3) is 0 Å². The van der Waals surface area contributed by atoms with Crippen LogP contribution in [0, 0.1) is 3.57 Å².